The minimum Gasteiger partial charge on any atom is -0.361 e. The zero-order valence-corrected chi connectivity index (χ0v) is 13.0. The average molecular weight is 307 g/mol. The summed E-state index contributed by atoms with van der Waals surface area (Å²) in [5.41, 5.74) is 3.04. The van der Waals surface area contributed by atoms with Crippen LogP contribution in [-0.4, -0.2) is 37.9 Å². The minimum atomic E-state index is -3.49. The molecule has 1 atom stereocenters. The highest BCUT2D eigenvalue weighted by atomic mass is 32.2. The maximum Gasteiger partial charge on any atom is 0.213 e. The Hall–Kier alpha value is -1.37. The van der Waals surface area contributed by atoms with Gasteiger partial charge in [0.1, 0.15) is 0 Å². The molecule has 1 unspecified atom stereocenters. The van der Waals surface area contributed by atoms with Gasteiger partial charge in [0, 0.05) is 23.1 Å². The number of likely N-dealkylation sites (tertiary alicyclic amines) is 1. The molecule has 0 saturated carbocycles. The molecule has 2 aromatic rings. The topological polar surface area (TPSA) is 79.2 Å². The Kier molecular flexibility index (Phi) is 3.77. The Balaban J connectivity index is 1.90. The van der Waals surface area contributed by atoms with E-state index in [1.165, 1.54) is 18.4 Å². The van der Waals surface area contributed by atoms with Crippen LogP contribution in [0.25, 0.3) is 10.9 Å². The fourth-order valence-electron chi connectivity index (χ4n) is 3.21. The number of benzene rings is 1. The number of likely N-dealkylation sites (N-methyl/N-ethyl adjacent to an activating group) is 1. The smallest absolute Gasteiger partial charge is 0.213 e. The Morgan fingerprint density at radius 2 is 2.24 bits per heavy atom. The van der Waals surface area contributed by atoms with Crippen molar-refractivity contribution in [1.82, 2.24) is 9.88 Å². The van der Waals surface area contributed by atoms with Crippen LogP contribution in [0.2, 0.25) is 0 Å². The summed E-state index contributed by atoms with van der Waals surface area (Å²) in [7, 11) is -1.33. The van der Waals surface area contributed by atoms with Gasteiger partial charge >= 0.3 is 0 Å². The predicted octanol–water partition coefficient (Wildman–Crippen LogP) is 1.59. The number of rotatable bonds is 4. The number of hydrogen-bond acceptors (Lipinski definition) is 3. The standard InChI is InChI=1S/C15H21N3O2S/c1-18-6-2-3-13(18)8-12-9-17-15-5-4-11(7-14(12)15)10-21(16,19)20/h4-5,7,9,13,17H,2-3,6,8,10H2,1H3,(H2,16,19,20). The maximum atomic E-state index is 11.2. The van der Waals surface area contributed by atoms with E-state index >= 15 is 0 Å². The molecule has 0 bridgehead atoms. The van der Waals surface area contributed by atoms with E-state index in [4.69, 9.17) is 5.14 Å². The molecule has 0 radical (unpaired) electrons. The summed E-state index contributed by atoms with van der Waals surface area (Å²) in [4.78, 5) is 5.66. The normalized spacial score (nSPS) is 20.4. The predicted molar refractivity (Wildman–Crippen MR) is 84.5 cm³/mol. The van der Waals surface area contributed by atoms with Crippen molar-refractivity contribution in [3.8, 4) is 0 Å². The summed E-state index contributed by atoms with van der Waals surface area (Å²) in [6.45, 7) is 1.16. The van der Waals surface area contributed by atoms with Gasteiger partial charge in [-0.15, -0.1) is 0 Å². The molecule has 1 fully saturated rings. The Morgan fingerprint density at radius 1 is 1.43 bits per heavy atom. The number of primary sulfonamides is 1. The van der Waals surface area contributed by atoms with E-state index in [2.05, 4.69) is 16.9 Å². The van der Waals surface area contributed by atoms with Crippen LogP contribution >= 0.6 is 0 Å². The highest BCUT2D eigenvalue weighted by Gasteiger charge is 2.22. The zero-order valence-electron chi connectivity index (χ0n) is 12.2. The lowest BCUT2D eigenvalue weighted by atomic mass is 10.0. The molecule has 0 amide bonds. The molecule has 21 heavy (non-hydrogen) atoms. The first kappa shape index (κ1) is 14.6. The van der Waals surface area contributed by atoms with Gasteiger partial charge in [-0.3, -0.25) is 0 Å². The quantitative estimate of drug-likeness (QED) is 0.900. The lowest BCUT2D eigenvalue weighted by molar-refractivity contribution is 0.310. The molecular weight excluding hydrogens is 286 g/mol. The number of H-pyrrole nitrogens is 1. The summed E-state index contributed by atoms with van der Waals surface area (Å²) < 4.78 is 22.5. The van der Waals surface area contributed by atoms with Gasteiger partial charge in [0.25, 0.3) is 0 Å². The first-order valence-electron chi connectivity index (χ1n) is 7.22. The van der Waals surface area contributed by atoms with E-state index in [0.717, 1.165) is 29.4 Å². The molecule has 1 saturated heterocycles. The second-order valence-electron chi connectivity index (χ2n) is 5.98. The average Bonchev–Trinajstić information content (AvgIpc) is 2.96. The van der Waals surface area contributed by atoms with Crippen molar-refractivity contribution in [1.29, 1.82) is 0 Å². The van der Waals surface area contributed by atoms with Crippen LogP contribution in [0, 0.1) is 0 Å². The van der Waals surface area contributed by atoms with E-state index in [1.807, 2.05) is 24.4 Å². The van der Waals surface area contributed by atoms with Crippen LogP contribution in [0.3, 0.4) is 0 Å². The lowest BCUT2D eigenvalue weighted by Gasteiger charge is -2.18. The molecule has 1 aromatic carbocycles. The summed E-state index contributed by atoms with van der Waals surface area (Å²) in [6.07, 6.45) is 5.51. The molecule has 1 aliphatic rings. The largest absolute Gasteiger partial charge is 0.361 e. The molecule has 2 heterocycles. The zero-order chi connectivity index (χ0) is 15.0. The molecule has 6 heteroatoms. The van der Waals surface area contributed by atoms with E-state index in [9.17, 15) is 8.42 Å². The molecule has 0 spiro atoms. The second-order valence-corrected chi connectivity index (χ2v) is 7.60. The number of fused-ring (bicyclic) bond motifs is 1. The van der Waals surface area contributed by atoms with Gasteiger partial charge in [-0.1, -0.05) is 6.07 Å². The van der Waals surface area contributed by atoms with E-state index in [0.29, 0.717) is 6.04 Å². The van der Waals surface area contributed by atoms with Gasteiger partial charge < -0.3 is 9.88 Å². The van der Waals surface area contributed by atoms with Crippen LogP contribution in [0.5, 0.6) is 0 Å². The molecule has 114 valence electrons. The lowest BCUT2D eigenvalue weighted by Crippen LogP contribution is -2.26. The van der Waals surface area contributed by atoms with Crippen molar-refractivity contribution in [2.75, 3.05) is 13.6 Å². The van der Waals surface area contributed by atoms with E-state index in [1.54, 1.807) is 0 Å². The number of aromatic nitrogens is 1. The molecule has 3 rings (SSSR count). The molecule has 5 nitrogen and oxygen atoms in total. The summed E-state index contributed by atoms with van der Waals surface area (Å²) in [5.74, 6) is -0.114. The van der Waals surface area contributed by atoms with E-state index in [-0.39, 0.29) is 5.75 Å². The number of hydrogen-bond donors (Lipinski definition) is 2. The van der Waals surface area contributed by atoms with Crippen molar-refractivity contribution in [3.63, 3.8) is 0 Å². The minimum absolute atomic E-state index is 0.114. The SMILES string of the molecule is CN1CCCC1Cc1c[nH]c2ccc(CS(N)(=O)=O)cc12. The number of nitrogens with two attached hydrogens (primary N) is 1. The molecule has 3 N–H and O–H groups in total. The third-order valence-corrected chi connectivity index (χ3v) is 5.06. The van der Waals surface area contributed by atoms with Crippen molar-refractivity contribution < 1.29 is 8.42 Å². The Morgan fingerprint density at radius 3 is 2.90 bits per heavy atom. The Bertz CT molecular complexity index is 751. The highest BCUT2D eigenvalue weighted by molar-refractivity contribution is 7.88. The van der Waals surface area contributed by atoms with Crippen molar-refractivity contribution in [2.45, 2.75) is 31.1 Å². The number of nitrogens with one attached hydrogen (secondary N) is 1. The first-order valence-corrected chi connectivity index (χ1v) is 8.93. The van der Waals surface area contributed by atoms with Crippen LogP contribution in [0.4, 0.5) is 0 Å². The van der Waals surface area contributed by atoms with Gasteiger partial charge in [-0.05, 0) is 56.1 Å². The molecule has 1 aromatic heterocycles. The van der Waals surface area contributed by atoms with Crippen molar-refractivity contribution in [3.05, 3.63) is 35.5 Å². The van der Waals surface area contributed by atoms with Crippen molar-refractivity contribution in [2.24, 2.45) is 5.14 Å². The third-order valence-electron chi connectivity index (χ3n) is 4.33. The molecular formula is C15H21N3O2S. The number of nitrogens with zero attached hydrogens (tertiary/aromatic N) is 1. The second kappa shape index (κ2) is 5.44. The fourth-order valence-corrected chi connectivity index (χ4v) is 3.85. The fraction of sp³-hybridized carbons (Fsp3) is 0.467. The van der Waals surface area contributed by atoms with E-state index < -0.39 is 10.0 Å². The van der Waals surface area contributed by atoms with Gasteiger partial charge in [-0.25, -0.2) is 13.6 Å². The number of aromatic amines is 1. The monoisotopic (exact) mass is 307 g/mol. The van der Waals surface area contributed by atoms with Gasteiger partial charge in [0.15, 0.2) is 0 Å². The summed E-state index contributed by atoms with van der Waals surface area (Å²) >= 11 is 0. The maximum absolute atomic E-state index is 11.2. The van der Waals surface area contributed by atoms with Gasteiger partial charge in [0.05, 0.1) is 5.75 Å². The third kappa shape index (κ3) is 3.28. The summed E-state index contributed by atoms with van der Waals surface area (Å²) in [6, 6.07) is 6.26. The molecule has 1 aliphatic heterocycles. The first-order chi connectivity index (χ1) is 9.92. The molecule has 0 aliphatic carbocycles. The van der Waals surface area contributed by atoms with Gasteiger partial charge in [-0.2, -0.15) is 0 Å². The summed E-state index contributed by atoms with van der Waals surface area (Å²) in [5, 5.41) is 6.24. The Labute approximate surface area is 125 Å². The van der Waals surface area contributed by atoms with Crippen LogP contribution in [-0.2, 0) is 22.2 Å². The number of sulfonamides is 1. The van der Waals surface area contributed by atoms with Crippen LogP contribution < -0.4 is 5.14 Å². The van der Waals surface area contributed by atoms with Crippen LogP contribution in [0.15, 0.2) is 24.4 Å². The van der Waals surface area contributed by atoms with Crippen LogP contribution in [0.1, 0.15) is 24.0 Å². The highest BCUT2D eigenvalue weighted by Crippen LogP contribution is 2.25. The van der Waals surface area contributed by atoms with Crippen molar-refractivity contribution >= 4 is 20.9 Å². The van der Waals surface area contributed by atoms with Gasteiger partial charge in [0.2, 0.25) is 10.0 Å².